The van der Waals surface area contributed by atoms with E-state index in [1.165, 1.54) is 26.2 Å². The number of rotatable bonds is 10. The van der Waals surface area contributed by atoms with Crippen LogP contribution in [0.25, 0.3) is 0 Å². The topological polar surface area (TPSA) is 61.6 Å². The van der Waals surface area contributed by atoms with Crippen molar-refractivity contribution in [2.45, 2.75) is 32.6 Å². The maximum atomic E-state index is 11.0. The second-order valence-electron chi connectivity index (χ2n) is 6.01. The van der Waals surface area contributed by atoms with Crippen molar-refractivity contribution in [1.82, 2.24) is 15.1 Å². The molecule has 1 rings (SSSR count). The molecule has 0 saturated carbocycles. The van der Waals surface area contributed by atoms with Gasteiger partial charge in [0.1, 0.15) is 0 Å². The zero-order chi connectivity index (χ0) is 14.8. The SMILES string of the molecule is CCCC(CCNCCN1CCN(C)CC1)CC(N)=O. The second-order valence-corrected chi connectivity index (χ2v) is 6.01. The molecule has 0 aromatic carbocycles. The lowest BCUT2D eigenvalue weighted by molar-refractivity contribution is -0.119. The Morgan fingerprint density at radius 1 is 1.20 bits per heavy atom. The number of carbonyl (C=O) groups is 1. The maximum Gasteiger partial charge on any atom is 0.217 e. The van der Waals surface area contributed by atoms with Gasteiger partial charge in [0.2, 0.25) is 5.91 Å². The lowest BCUT2D eigenvalue weighted by Gasteiger charge is -2.32. The highest BCUT2D eigenvalue weighted by Gasteiger charge is 2.13. The summed E-state index contributed by atoms with van der Waals surface area (Å²) in [5, 5.41) is 3.50. The Labute approximate surface area is 123 Å². The van der Waals surface area contributed by atoms with Crippen LogP contribution in [0.5, 0.6) is 0 Å². The van der Waals surface area contributed by atoms with Crippen molar-refractivity contribution in [1.29, 1.82) is 0 Å². The van der Waals surface area contributed by atoms with Gasteiger partial charge in [-0.05, 0) is 25.9 Å². The molecule has 1 atom stereocenters. The van der Waals surface area contributed by atoms with Gasteiger partial charge in [-0.3, -0.25) is 9.69 Å². The average Bonchev–Trinajstić information content (AvgIpc) is 2.40. The average molecular weight is 284 g/mol. The van der Waals surface area contributed by atoms with E-state index in [0.29, 0.717) is 12.3 Å². The Bertz CT molecular complexity index is 265. The van der Waals surface area contributed by atoms with Gasteiger partial charge in [0.15, 0.2) is 0 Å². The minimum atomic E-state index is -0.166. The van der Waals surface area contributed by atoms with Crippen LogP contribution in [-0.4, -0.2) is 68.6 Å². The largest absolute Gasteiger partial charge is 0.370 e. The normalized spacial score (nSPS) is 19.1. The Kier molecular flexibility index (Phi) is 8.82. The Balaban J connectivity index is 2.03. The fourth-order valence-corrected chi connectivity index (χ4v) is 2.78. The van der Waals surface area contributed by atoms with E-state index >= 15 is 0 Å². The number of amides is 1. The monoisotopic (exact) mass is 284 g/mol. The lowest BCUT2D eigenvalue weighted by atomic mass is 9.96. The summed E-state index contributed by atoms with van der Waals surface area (Å²) in [7, 11) is 2.18. The van der Waals surface area contributed by atoms with Crippen molar-refractivity contribution >= 4 is 5.91 Å². The van der Waals surface area contributed by atoms with Crippen molar-refractivity contribution < 1.29 is 4.79 Å². The van der Waals surface area contributed by atoms with Crippen molar-refractivity contribution in [3.8, 4) is 0 Å². The third-order valence-corrected chi connectivity index (χ3v) is 4.12. The third-order valence-electron chi connectivity index (χ3n) is 4.12. The first kappa shape index (κ1) is 17.4. The molecule has 3 N–H and O–H groups in total. The number of primary amides is 1. The summed E-state index contributed by atoms with van der Waals surface area (Å²) in [5.74, 6) is 0.287. The number of hydrogen-bond acceptors (Lipinski definition) is 4. The van der Waals surface area contributed by atoms with Crippen LogP contribution in [-0.2, 0) is 4.79 Å². The van der Waals surface area contributed by atoms with E-state index in [9.17, 15) is 4.79 Å². The van der Waals surface area contributed by atoms with Gasteiger partial charge in [-0.25, -0.2) is 0 Å². The van der Waals surface area contributed by atoms with Crippen molar-refractivity contribution in [2.75, 3.05) is 52.9 Å². The fraction of sp³-hybridized carbons (Fsp3) is 0.933. The van der Waals surface area contributed by atoms with Gasteiger partial charge in [0, 0.05) is 45.7 Å². The lowest BCUT2D eigenvalue weighted by Crippen LogP contribution is -2.46. The summed E-state index contributed by atoms with van der Waals surface area (Å²) < 4.78 is 0. The van der Waals surface area contributed by atoms with Gasteiger partial charge >= 0.3 is 0 Å². The molecule has 5 heteroatoms. The molecule has 0 bridgehead atoms. The molecule has 1 unspecified atom stereocenters. The molecular formula is C15H32N4O. The molecule has 1 aliphatic heterocycles. The molecule has 118 valence electrons. The Morgan fingerprint density at radius 3 is 2.50 bits per heavy atom. The molecule has 1 aliphatic rings. The van der Waals surface area contributed by atoms with Gasteiger partial charge < -0.3 is 16.0 Å². The first-order valence-electron chi connectivity index (χ1n) is 8.01. The van der Waals surface area contributed by atoms with Gasteiger partial charge in [-0.2, -0.15) is 0 Å². The van der Waals surface area contributed by atoms with Crippen molar-refractivity contribution in [3.63, 3.8) is 0 Å². The number of nitrogens with zero attached hydrogens (tertiary/aromatic N) is 2. The van der Waals surface area contributed by atoms with Gasteiger partial charge in [0.05, 0.1) is 0 Å². The smallest absolute Gasteiger partial charge is 0.217 e. The molecule has 0 aromatic heterocycles. The number of piperazine rings is 1. The van der Waals surface area contributed by atoms with Crippen LogP contribution < -0.4 is 11.1 Å². The predicted octanol–water partition coefficient (Wildman–Crippen LogP) is 0.505. The summed E-state index contributed by atoms with van der Waals surface area (Å²) in [6.45, 7) is 10.0. The number of carbonyl (C=O) groups excluding carboxylic acids is 1. The van der Waals surface area contributed by atoms with Crippen molar-refractivity contribution in [3.05, 3.63) is 0 Å². The summed E-state index contributed by atoms with van der Waals surface area (Å²) in [6.07, 6.45) is 3.82. The van der Waals surface area contributed by atoms with E-state index in [1.807, 2.05) is 0 Å². The molecule has 0 aliphatic carbocycles. The highest BCUT2D eigenvalue weighted by molar-refractivity contribution is 5.73. The molecular weight excluding hydrogens is 252 g/mol. The molecule has 5 nitrogen and oxygen atoms in total. The van der Waals surface area contributed by atoms with Crippen LogP contribution in [0.4, 0.5) is 0 Å². The molecule has 1 saturated heterocycles. The summed E-state index contributed by atoms with van der Waals surface area (Å²) in [6, 6.07) is 0. The van der Waals surface area contributed by atoms with Crippen LogP contribution in [0.1, 0.15) is 32.6 Å². The highest BCUT2D eigenvalue weighted by Crippen LogP contribution is 2.14. The van der Waals surface area contributed by atoms with Crippen LogP contribution in [0, 0.1) is 5.92 Å². The Morgan fingerprint density at radius 2 is 1.90 bits per heavy atom. The number of nitrogens with one attached hydrogen (secondary N) is 1. The third kappa shape index (κ3) is 7.82. The predicted molar refractivity (Wildman–Crippen MR) is 83.6 cm³/mol. The Hall–Kier alpha value is -0.650. The molecule has 20 heavy (non-hydrogen) atoms. The highest BCUT2D eigenvalue weighted by atomic mass is 16.1. The minimum absolute atomic E-state index is 0.166. The van der Waals surface area contributed by atoms with E-state index < -0.39 is 0 Å². The van der Waals surface area contributed by atoms with E-state index in [4.69, 9.17) is 5.73 Å². The van der Waals surface area contributed by atoms with Crippen LogP contribution in [0.2, 0.25) is 0 Å². The number of hydrogen-bond donors (Lipinski definition) is 2. The van der Waals surface area contributed by atoms with E-state index in [1.54, 1.807) is 0 Å². The summed E-state index contributed by atoms with van der Waals surface area (Å²) >= 11 is 0. The number of nitrogens with two attached hydrogens (primary N) is 1. The van der Waals surface area contributed by atoms with Gasteiger partial charge in [-0.1, -0.05) is 19.8 Å². The van der Waals surface area contributed by atoms with Gasteiger partial charge in [0.25, 0.3) is 0 Å². The number of likely N-dealkylation sites (N-methyl/N-ethyl adjacent to an activating group) is 1. The maximum absolute atomic E-state index is 11.0. The van der Waals surface area contributed by atoms with Crippen molar-refractivity contribution in [2.24, 2.45) is 11.7 Å². The molecule has 1 amide bonds. The van der Waals surface area contributed by atoms with E-state index in [0.717, 1.165) is 38.9 Å². The second kappa shape index (κ2) is 10.1. The zero-order valence-corrected chi connectivity index (χ0v) is 13.2. The molecule has 0 radical (unpaired) electrons. The zero-order valence-electron chi connectivity index (χ0n) is 13.2. The first-order valence-corrected chi connectivity index (χ1v) is 8.01. The fourth-order valence-electron chi connectivity index (χ4n) is 2.78. The summed E-state index contributed by atoms with van der Waals surface area (Å²) in [5.41, 5.74) is 5.29. The molecule has 1 fully saturated rings. The van der Waals surface area contributed by atoms with Crippen LogP contribution >= 0.6 is 0 Å². The van der Waals surface area contributed by atoms with Gasteiger partial charge in [-0.15, -0.1) is 0 Å². The quantitative estimate of drug-likeness (QED) is 0.574. The van der Waals surface area contributed by atoms with E-state index in [2.05, 4.69) is 29.1 Å². The first-order chi connectivity index (χ1) is 9.61. The molecule has 0 spiro atoms. The summed E-state index contributed by atoms with van der Waals surface area (Å²) in [4.78, 5) is 15.9. The van der Waals surface area contributed by atoms with Crippen LogP contribution in [0.15, 0.2) is 0 Å². The molecule has 1 heterocycles. The van der Waals surface area contributed by atoms with E-state index in [-0.39, 0.29) is 5.91 Å². The minimum Gasteiger partial charge on any atom is -0.370 e. The standard InChI is InChI=1S/C15H32N4O/c1-3-4-14(13-15(16)20)5-6-17-7-8-19-11-9-18(2)10-12-19/h14,17H,3-13H2,1-2H3,(H2,16,20). The van der Waals surface area contributed by atoms with Crippen LogP contribution in [0.3, 0.4) is 0 Å². The molecule has 0 aromatic rings.